The van der Waals surface area contributed by atoms with Crippen LogP contribution in [0.15, 0.2) is 77.8 Å². The minimum Gasteiger partial charge on any atom is -0.481 e. The van der Waals surface area contributed by atoms with E-state index >= 15 is 0 Å². The molecule has 0 aliphatic heterocycles. The highest BCUT2D eigenvalue weighted by molar-refractivity contribution is 7.90. The van der Waals surface area contributed by atoms with Crippen molar-refractivity contribution in [3.05, 3.63) is 84.6 Å². The third-order valence-corrected chi connectivity index (χ3v) is 7.14. The van der Waals surface area contributed by atoms with Crippen LogP contribution in [0.5, 0.6) is 0 Å². The molecule has 5 rings (SSSR count). The maximum Gasteiger partial charge on any atom is 0.303 e. The molecule has 33 heavy (non-hydrogen) atoms. The number of carboxylic acid groups (broad SMARTS) is 1. The molecule has 7 nitrogen and oxygen atoms in total. The molecule has 0 unspecified atom stereocenters. The molecular formula is C24H18FN3O4S. The van der Waals surface area contributed by atoms with Gasteiger partial charge in [0.25, 0.3) is 10.0 Å². The Morgan fingerprint density at radius 2 is 1.85 bits per heavy atom. The molecule has 0 saturated carbocycles. The van der Waals surface area contributed by atoms with Crippen LogP contribution in [-0.2, 0) is 21.2 Å². The number of carboxylic acids is 1. The number of aromatic nitrogens is 3. The number of benzene rings is 3. The van der Waals surface area contributed by atoms with Gasteiger partial charge in [0.05, 0.1) is 27.9 Å². The largest absolute Gasteiger partial charge is 0.481 e. The molecule has 0 bridgehead atoms. The van der Waals surface area contributed by atoms with Crippen LogP contribution in [0, 0.1) is 5.82 Å². The number of carbonyl (C=O) groups is 1. The fourth-order valence-electron chi connectivity index (χ4n) is 3.88. The Morgan fingerprint density at radius 1 is 1.06 bits per heavy atom. The molecule has 0 aliphatic rings. The summed E-state index contributed by atoms with van der Waals surface area (Å²) >= 11 is 0. The number of nitrogens with one attached hydrogen (secondary N) is 1. The van der Waals surface area contributed by atoms with E-state index in [0.717, 1.165) is 9.54 Å². The summed E-state index contributed by atoms with van der Waals surface area (Å²) in [6.07, 6.45) is 1.73. The second kappa shape index (κ2) is 7.86. The third-order valence-electron chi connectivity index (χ3n) is 5.45. The van der Waals surface area contributed by atoms with Crippen molar-refractivity contribution in [1.29, 1.82) is 0 Å². The topological polar surface area (TPSA) is 105 Å². The summed E-state index contributed by atoms with van der Waals surface area (Å²) in [7, 11) is -3.95. The zero-order valence-corrected chi connectivity index (χ0v) is 18.0. The number of fused-ring (bicyclic) bond motifs is 2. The van der Waals surface area contributed by atoms with Crippen molar-refractivity contribution >= 4 is 37.9 Å². The first kappa shape index (κ1) is 20.9. The molecule has 3 aromatic carbocycles. The highest BCUT2D eigenvalue weighted by Crippen LogP contribution is 2.34. The summed E-state index contributed by atoms with van der Waals surface area (Å²) in [5.74, 6) is -0.889. The number of hydrogen-bond donors (Lipinski definition) is 2. The van der Waals surface area contributed by atoms with E-state index in [1.54, 1.807) is 30.3 Å². The van der Waals surface area contributed by atoms with Crippen molar-refractivity contribution in [1.82, 2.24) is 13.9 Å². The molecule has 0 spiro atoms. The molecule has 2 aromatic heterocycles. The monoisotopic (exact) mass is 463 g/mol. The first-order valence-electron chi connectivity index (χ1n) is 10.1. The first-order valence-corrected chi connectivity index (χ1v) is 11.6. The summed E-state index contributed by atoms with van der Waals surface area (Å²) in [6, 6.07) is 17.5. The number of rotatable bonds is 6. The zero-order chi connectivity index (χ0) is 23.2. The van der Waals surface area contributed by atoms with Gasteiger partial charge in [-0.25, -0.2) is 21.8 Å². The Bertz CT molecular complexity index is 1620. The number of nitrogens with zero attached hydrogens (tertiary/aromatic N) is 2. The highest BCUT2D eigenvalue weighted by Gasteiger charge is 2.22. The van der Waals surface area contributed by atoms with E-state index in [1.165, 1.54) is 30.5 Å². The number of aryl methyl sites for hydroxylation is 1. The predicted octanol–water partition coefficient (Wildman–Crippen LogP) is 4.58. The lowest BCUT2D eigenvalue weighted by Crippen LogP contribution is -2.11. The van der Waals surface area contributed by atoms with Gasteiger partial charge in [0.1, 0.15) is 11.6 Å². The van der Waals surface area contributed by atoms with E-state index in [1.807, 2.05) is 12.1 Å². The van der Waals surface area contributed by atoms with Crippen LogP contribution in [0.2, 0.25) is 0 Å². The molecule has 0 fully saturated rings. The van der Waals surface area contributed by atoms with Gasteiger partial charge in [0.15, 0.2) is 0 Å². The Balaban J connectivity index is 1.66. The number of aromatic amines is 1. The normalized spacial score (nSPS) is 11.9. The van der Waals surface area contributed by atoms with E-state index in [0.29, 0.717) is 27.8 Å². The minimum atomic E-state index is -3.95. The van der Waals surface area contributed by atoms with Gasteiger partial charge in [0, 0.05) is 23.6 Å². The van der Waals surface area contributed by atoms with Gasteiger partial charge in [-0.05, 0) is 48.0 Å². The first-order chi connectivity index (χ1) is 15.8. The van der Waals surface area contributed by atoms with Crippen LogP contribution in [0.4, 0.5) is 4.39 Å². The smallest absolute Gasteiger partial charge is 0.303 e. The van der Waals surface area contributed by atoms with Crippen LogP contribution < -0.4 is 0 Å². The van der Waals surface area contributed by atoms with Crippen molar-refractivity contribution in [3.8, 4) is 11.1 Å². The van der Waals surface area contributed by atoms with Crippen molar-refractivity contribution in [3.63, 3.8) is 0 Å². The Hall–Kier alpha value is -3.98. The third kappa shape index (κ3) is 3.76. The lowest BCUT2D eigenvalue weighted by Gasteiger charge is -2.07. The summed E-state index contributed by atoms with van der Waals surface area (Å²) < 4.78 is 41.8. The average molecular weight is 463 g/mol. The summed E-state index contributed by atoms with van der Waals surface area (Å²) in [6.45, 7) is 0. The minimum absolute atomic E-state index is 0.0386. The van der Waals surface area contributed by atoms with Crippen molar-refractivity contribution < 1.29 is 22.7 Å². The standard InChI is InChI=1S/C24H18FN3O4S/c25-16-7-8-18-19(14-28(22(18)13-16)33(31,32)17-4-2-1-3-5-17)15-6-9-20-21(12-15)27-23(26-20)10-11-24(29)30/h1-9,12-14H,10-11H2,(H,26,27)(H,29,30). The SMILES string of the molecule is O=C(O)CCc1nc2ccc(-c3cn(S(=O)(=O)c4ccccc4)c4cc(F)ccc34)cc2[nH]1. The van der Waals surface area contributed by atoms with E-state index < -0.39 is 21.8 Å². The maximum absolute atomic E-state index is 14.1. The van der Waals surface area contributed by atoms with E-state index in [4.69, 9.17) is 5.11 Å². The van der Waals surface area contributed by atoms with Crippen molar-refractivity contribution in [2.75, 3.05) is 0 Å². The van der Waals surface area contributed by atoms with Gasteiger partial charge in [-0.1, -0.05) is 24.3 Å². The van der Waals surface area contributed by atoms with Crippen molar-refractivity contribution in [2.24, 2.45) is 0 Å². The molecule has 0 atom stereocenters. The van der Waals surface area contributed by atoms with Crippen LogP contribution in [0.3, 0.4) is 0 Å². The number of hydrogen-bond acceptors (Lipinski definition) is 4. The van der Waals surface area contributed by atoms with Crippen molar-refractivity contribution in [2.45, 2.75) is 17.7 Å². The molecule has 0 radical (unpaired) electrons. The van der Waals surface area contributed by atoms with Crippen LogP contribution in [-0.4, -0.2) is 33.4 Å². The zero-order valence-electron chi connectivity index (χ0n) is 17.2. The fraction of sp³-hybridized carbons (Fsp3) is 0.0833. The lowest BCUT2D eigenvalue weighted by molar-refractivity contribution is -0.137. The summed E-state index contributed by atoms with van der Waals surface area (Å²) in [5.41, 5.74) is 2.94. The lowest BCUT2D eigenvalue weighted by atomic mass is 10.0. The fourth-order valence-corrected chi connectivity index (χ4v) is 5.26. The van der Waals surface area contributed by atoms with Gasteiger partial charge in [-0.15, -0.1) is 0 Å². The molecule has 0 amide bonds. The number of H-pyrrole nitrogens is 1. The van der Waals surface area contributed by atoms with Gasteiger partial charge in [-0.2, -0.15) is 0 Å². The number of halogens is 1. The maximum atomic E-state index is 14.1. The molecule has 166 valence electrons. The highest BCUT2D eigenvalue weighted by atomic mass is 32.2. The Labute approximate surface area is 188 Å². The Morgan fingerprint density at radius 3 is 2.61 bits per heavy atom. The summed E-state index contributed by atoms with van der Waals surface area (Å²) in [5, 5.41) is 9.48. The van der Waals surface area contributed by atoms with E-state index in [-0.39, 0.29) is 23.3 Å². The van der Waals surface area contributed by atoms with Crippen LogP contribution in [0.1, 0.15) is 12.2 Å². The molecule has 0 saturated heterocycles. The second-order valence-electron chi connectivity index (χ2n) is 7.63. The van der Waals surface area contributed by atoms with Gasteiger partial charge in [0.2, 0.25) is 0 Å². The average Bonchev–Trinajstić information content (AvgIpc) is 3.39. The Kier molecular flexibility index (Phi) is 4.98. The number of imidazole rings is 1. The van der Waals surface area contributed by atoms with E-state index in [2.05, 4.69) is 9.97 Å². The molecule has 2 N–H and O–H groups in total. The number of aliphatic carboxylic acids is 1. The van der Waals surface area contributed by atoms with E-state index in [9.17, 15) is 17.6 Å². The van der Waals surface area contributed by atoms with Gasteiger partial charge >= 0.3 is 5.97 Å². The van der Waals surface area contributed by atoms with Gasteiger partial charge in [-0.3, -0.25) is 4.79 Å². The predicted molar refractivity (Wildman–Crippen MR) is 122 cm³/mol. The summed E-state index contributed by atoms with van der Waals surface area (Å²) in [4.78, 5) is 18.5. The van der Waals surface area contributed by atoms with Crippen LogP contribution >= 0.6 is 0 Å². The molecular weight excluding hydrogens is 445 g/mol. The quantitative estimate of drug-likeness (QED) is 0.384. The molecule has 0 aliphatic carbocycles. The molecule has 5 aromatic rings. The molecule has 2 heterocycles. The second-order valence-corrected chi connectivity index (χ2v) is 9.44. The van der Waals surface area contributed by atoms with Crippen LogP contribution in [0.25, 0.3) is 33.1 Å². The van der Waals surface area contributed by atoms with Gasteiger partial charge < -0.3 is 10.1 Å². The molecule has 9 heteroatoms.